The van der Waals surface area contributed by atoms with Crippen molar-refractivity contribution in [2.24, 2.45) is 50.2 Å². The van der Waals surface area contributed by atoms with Crippen LogP contribution in [0.4, 0.5) is 0 Å². The molecular formula is C42H68O14. The smallest absolute Gasteiger partial charge is 0.186 e. The molecule has 1 spiro atoms. The van der Waals surface area contributed by atoms with Crippen LogP contribution in [-0.2, 0) is 23.7 Å². The van der Waals surface area contributed by atoms with Gasteiger partial charge in [-0.3, -0.25) is 0 Å². The summed E-state index contributed by atoms with van der Waals surface area (Å²) in [6.07, 6.45) is -4.63. The number of hydrogen-bond donors (Lipinski definition) is 9. The van der Waals surface area contributed by atoms with Crippen LogP contribution in [0.15, 0.2) is 12.2 Å². The molecule has 0 radical (unpaired) electrons. The minimum Gasteiger partial charge on any atom is -0.396 e. The van der Waals surface area contributed by atoms with E-state index in [-0.39, 0.29) is 51.4 Å². The van der Waals surface area contributed by atoms with Crippen LogP contribution in [0, 0.1) is 50.2 Å². The number of ether oxygens (including phenoxy) is 5. The van der Waals surface area contributed by atoms with Gasteiger partial charge >= 0.3 is 0 Å². The zero-order valence-electron chi connectivity index (χ0n) is 33.9. The van der Waals surface area contributed by atoms with Crippen LogP contribution in [0.3, 0.4) is 0 Å². The standard InChI is InChI=1S/C42H68O14/c1-36(2)13-14-41-20-53-42(25(41)15-36)12-8-24-37(3)10-9-27(38(4,19-44)23(37)7-11-39(24,5)40(42,6)16-26(41)45)56-35-33(51)31(49)29(47)22(55-35)18-52-34-32(50)30(48)28(46)21(17-43)54-34/h8,12,21-35,43-51H,7,9-11,13-20H2,1-6H3/t21-,22-,23?,24?,25+,26-,27?,28-,29-,30+,31+,32-,33-,34-,35+,37+,38?,39-,40+,41?,42?/m1/s1. The number of allylic oxidation sites excluding steroid dienone is 1. The van der Waals surface area contributed by atoms with Gasteiger partial charge in [-0.2, -0.15) is 0 Å². The minimum absolute atomic E-state index is 0.00593. The maximum absolute atomic E-state index is 12.1. The quantitative estimate of drug-likeness (QED) is 0.128. The SMILES string of the molecule is CC1(C)CCC23COC4(C=CC5[C@@]6(C)CCC(O[C@@H]7O[C@H](CO[C@@H]8O[C@H](CO)[C@@H](O)[C@H](O)[C@H]8O)[C@@H](O)[C@H](O)[C@H]7O)C(C)(CO)C6CC[C@@]5(C)[C@]4(C)C[C@H]2O)[C@H]3C1. The number of rotatable bonds is 7. The second kappa shape index (κ2) is 13.9. The second-order valence-corrected chi connectivity index (χ2v) is 21.0. The molecule has 8 aliphatic rings. The molecule has 0 aromatic heterocycles. The molecule has 9 N–H and O–H groups in total. The first-order valence-corrected chi connectivity index (χ1v) is 21.1. The van der Waals surface area contributed by atoms with Gasteiger partial charge in [-0.25, -0.2) is 0 Å². The van der Waals surface area contributed by atoms with Crippen LogP contribution in [0.2, 0.25) is 0 Å². The molecule has 14 heteroatoms. The average molecular weight is 797 g/mol. The number of aliphatic hydroxyl groups excluding tert-OH is 9. The number of hydrogen-bond acceptors (Lipinski definition) is 14. The maximum atomic E-state index is 12.1. The molecule has 3 saturated heterocycles. The van der Waals surface area contributed by atoms with E-state index in [4.69, 9.17) is 23.7 Å². The summed E-state index contributed by atoms with van der Waals surface area (Å²) in [6.45, 7) is 13.2. The lowest BCUT2D eigenvalue weighted by Gasteiger charge is -2.73. The summed E-state index contributed by atoms with van der Waals surface area (Å²) in [7, 11) is 0. The van der Waals surface area contributed by atoms with Crippen molar-refractivity contribution in [3.05, 3.63) is 12.2 Å². The van der Waals surface area contributed by atoms with Gasteiger partial charge in [0.15, 0.2) is 12.6 Å². The van der Waals surface area contributed by atoms with Crippen LogP contribution < -0.4 is 0 Å². The van der Waals surface area contributed by atoms with Gasteiger partial charge < -0.3 is 69.6 Å². The maximum Gasteiger partial charge on any atom is 0.186 e. The van der Waals surface area contributed by atoms with Gasteiger partial charge in [-0.05, 0) is 79.4 Å². The van der Waals surface area contributed by atoms with Gasteiger partial charge in [0.05, 0.1) is 44.2 Å². The normalized spacial score (nSPS) is 58.8. The molecule has 56 heavy (non-hydrogen) atoms. The first-order chi connectivity index (χ1) is 26.2. The number of fused-ring (bicyclic) bond motifs is 4. The molecule has 0 aromatic carbocycles. The Balaban J connectivity index is 1.02. The monoisotopic (exact) mass is 796 g/mol. The van der Waals surface area contributed by atoms with Gasteiger partial charge in [0.25, 0.3) is 0 Å². The molecule has 5 aliphatic carbocycles. The first-order valence-electron chi connectivity index (χ1n) is 21.1. The molecule has 6 unspecified atom stereocenters. The lowest BCUT2D eigenvalue weighted by atomic mass is 9.32. The molecule has 0 aromatic rings. The zero-order chi connectivity index (χ0) is 40.6. The summed E-state index contributed by atoms with van der Waals surface area (Å²) < 4.78 is 30.7. The van der Waals surface area contributed by atoms with E-state index in [1.54, 1.807) is 0 Å². The van der Waals surface area contributed by atoms with Crippen LogP contribution in [0.25, 0.3) is 0 Å². The fourth-order valence-electron chi connectivity index (χ4n) is 14.3. The first kappa shape index (κ1) is 41.9. The van der Waals surface area contributed by atoms with Crippen molar-refractivity contribution in [2.45, 2.75) is 172 Å². The summed E-state index contributed by atoms with van der Waals surface area (Å²) in [5, 5.41) is 96.6. The van der Waals surface area contributed by atoms with Crippen LogP contribution in [0.5, 0.6) is 0 Å². The summed E-state index contributed by atoms with van der Waals surface area (Å²) in [5.74, 6) is 0.377. The third-order valence-electron chi connectivity index (χ3n) is 17.9. The van der Waals surface area contributed by atoms with E-state index in [0.29, 0.717) is 19.4 Å². The topological polar surface area (TPSA) is 228 Å². The van der Waals surface area contributed by atoms with E-state index < -0.39 is 97.8 Å². The van der Waals surface area contributed by atoms with Crippen molar-refractivity contribution in [3.63, 3.8) is 0 Å². The second-order valence-electron chi connectivity index (χ2n) is 21.0. The van der Waals surface area contributed by atoms with E-state index in [1.165, 1.54) is 0 Å². The Kier molecular flexibility index (Phi) is 10.4. The Hall–Kier alpha value is -0.820. The van der Waals surface area contributed by atoms with Crippen LogP contribution >= 0.6 is 0 Å². The molecular weight excluding hydrogens is 728 g/mol. The molecule has 3 aliphatic heterocycles. The third-order valence-corrected chi connectivity index (χ3v) is 17.9. The molecule has 7 fully saturated rings. The largest absolute Gasteiger partial charge is 0.396 e. The van der Waals surface area contributed by atoms with Crippen molar-refractivity contribution >= 4 is 0 Å². The summed E-state index contributed by atoms with van der Waals surface area (Å²) >= 11 is 0. The fourth-order valence-corrected chi connectivity index (χ4v) is 14.3. The van der Waals surface area contributed by atoms with Gasteiger partial charge in [-0.1, -0.05) is 53.7 Å². The molecule has 2 bridgehead atoms. The summed E-state index contributed by atoms with van der Waals surface area (Å²) in [5.41, 5.74) is -2.05. The van der Waals surface area contributed by atoms with E-state index in [1.807, 2.05) is 6.92 Å². The molecule has 14 nitrogen and oxygen atoms in total. The van der Waals surface area contributed by atoms with Crippen molar-refractivity contribution in [3.8, 4) is 0 Å². The highest BCUT2D eigenvalue weighted by Crippen LogP contribution is 2.79. The average Bonchev–Trinajstić information content (AvgIpc) is 3.43. The van der Waals surface area contributed by atoms with Crippen molar-refractivity contribution in [1.29, 1.82) is 0 Å². The van der Waals surface area contributed by atoms with E-state index in [2.05, 4.69) is 46.8 Å². The lowest BCUT2D eigenvalue weighted by molar-refractivity contribution is -0.347. The van der Waals surface area contributed by atoms with Gasteiger partial charge in [-0.15, -0.1) is 0 Å². The Morgan fingerprint density at radius 2 is 1.36 bits per heavy atom. The Morgan fingerprint density at radius 3 is 2.04 bits per heavy atom. The van der Waals surface area contributed by atoms with E-state index >= 15 is 0 Å². The Bertz CT molecular complexity index is 1510. The predicted molar refractivity (Wildman–Crippen MR) is 198 cm³/mol. The number of aliphatic hydroxyl groups is 9. The molecule has 320 valence electrons. The van der Waals surface area contributed by atoms with Gasteiger partial charge in [0, 0.05) is 22.2 Å². The highest BCUT2D eigenvalue weighted by molar-refractivity contribution is 5.36. The van der Waals surface area contributed by atoms with Gasteiger partial charge in [0.2, 0.25) is 0 Å². The van der Waals surface area contributed by atoms with Crippen molar-refractivity contribution < 1.29 is 69.6 Å². The minimum atomic E-state index is -1.68. The summed E-state index contributed by atoms with van der Waals surface area (Å²) in [4.78, 5) is 0. The molecule has 3 heterocycles. The predicted octanol–water partition coefficient (Wildman–Crippen LogP) is 0.749. The van der Waals surface area contributed by atoms with Gasteiger partial charge in [0.1, 0.15) is 48.8 Å². The van der Waals surface area contributed by atoms with Crippen molar-refractivity contribution in [2.75, 3.05) is 26.4 Å². The molecule has 0 amide bonds. The highest BCUT2D eigenvalue weighted by atomic mass is 16.7. The third kappa shape index (κ3) is 5.57. The Labute approximate surface area is 330 Å². The van der Waals surface area contributed by atoms with Crippen molar-refractivity contribution in [1.82, 2.24) is 0 Å². The van der Waals surface area contributed by atoms with E-state index in [0.717, 1.165) is 38.5 Å². The molecule has 8 rings (SSSR count). The fraction of sp³-hybridized carbons (Fsp3) is 0.952. The van der Waals surface area contributed by atoms with Crippen LogP contribution in [0.1, 0.15) is 92.9 Å². The lowest BCUT2D eigenvalue weighted by Crippen LogP contribution is -2.72. The van der Waals surface area contributed by atoms with E-state index in [9.17, 15) is 46.0 Å². The Morgan fingerprint density at radius 1 is 0.696 bits per heavy atom. The van der Waals surface area contributed by atoms with Crippen LogP contribution in [-0.4, -0.2) is 152 Å². The zero-order valence-corrected chi connectivity index (χ0v) is 33.9. The highest BCUT2D eigenvalue weighted by Gasteiger charge is 2.79. The summed E-state index contributed by atoms with van der Waals surface area (Å²) in [6, 6.07) is 0. The molecule has 4 saturated carbocycles. The molecule has 21 atom stereocenters.